The summed E-state index contributed by atoms with van der Waals surface area (Å²) in [5, 5.41) is 9.93. The van der Waals surface area contributed by atoms with Gasteiger partial charge in [-0.05, 0) is 32.1 Å². The van der Waals surface area contributed by atoms with E-state index >= 15 is 0 Å². The van der Waals surface area contributed by atoms with E-state index in [-0.39, 0.29) is 11.9 Å². The Kier molecular flexibility index (Phi) is 5.81. The van der Waals surface area contributed by atoms with E-state index in [0.717, 1.165) is 38.5 Å². The maximum Gasteiger partial charge on any atom is 0.311 e. The van der Waals surface area contributed by atoms with Gasteiger partial charge in [-0.15, -0.1) is 0 Å². The van der Waals surface area contributed by atoms with Crippen molar-refractivity contribution in [1.82, 2.24) is 0 Å². The van der Waals surface area contributed by atoms with Crippen molar-refractivity contribution in [3.63, 3.8) is 0 Å². The molecule has 1 aliphatic carbocycles. The van der Waals surface area contributed by atoms with E-state index in [4.69, 9.17) is 4.74 Å². The van der Waals surface area contributed by atoms with Crippen LogP contribution < -0.4 is 0 Å². The number of carbonyl (C=O) groups is 1. The summed E-state index contributed by atoms with van der Waals surface area (Å²) in [6.45, 7) is 4.37. The molecule has 0 heterocycles. The zero-order valence-electron chi connectivity index (χ0n) is 10.4. The van der Waals surface area contributed by atoms with Gasteiger partial charge < -0.3 is 9.84 Å². The van der Waals surface area contributed by atoms with Crippen LogP contribution in [0.5, 0.6) is 0 Å². The highest BCUT2D eigenvalue weighted by molar-refractivity contribution is 5.73. The van der Waals surface area contributed by atoms with Gasteiger partial charge in [0.25, 0.3) is 0 Å². The minimum atomic E-state index is -0.491. The predicted octanol–water partition coefficient (Wildman–Crippen LogP) is 2.52. The normalized spacial score (nSPS) is 30.1. The van der Waals surface area contributed by atoms with Gasteiger partial charge in [-0.3, -0.25) is 4.79 Å². The molecule has 0 spiro atoms. The quantitative estimate of drug-likeness (QED) is 0.735. The number of hydrogen-bond acceptors (Lipinski definition) is 3. The van der Waals surface area contributed by atoms with Gasteiger partial charge in [0.2, 0.25) is 0 Å². The highest BCUT2D eigenvalue weighted by Crippen LogP contribution is 2.34. The predicted molar refractivity (Wildman–Crippen MR) is 63.0 cm³/mol. The largest absolute Gasteiger partial charge is 0.466 e. The lowest BCUT2D eigenvalue weighted by molar-refractivity contribution is -0.157. The fraction of sp³-hybridized carbons (Fsp3) is 0.923. The summed E-state index contributed by atoms with van der Waals surface area (Å²) in [6.07, 6.45) is 5.65. The molecule has 0 saturated heterocycles. The Morgan fingerprint density at radius 3 is 2.75 bits per heavy atom. The van der Waals surface area contributed by atoms with Crippen LogP contribution in [0.25, 0.3) is 0 Å². The second kappa shape index (κ2) is 6.89. The van der Waals surface area contributed by atoms with Crippen LogP contribution in [0.4, 0.5) is 0 Å². The van der Waals surface area contributed by atoms with E-state index in [1.807, 2.05) is 6.92 Å². The van der Waals surface area contributed by atoms with E-state index in [2.05, 4.69) is 6.92 Å². The van der Waals surface area contributed by atoms with Gasteiger partial charge >= 0.3 is 5.97 Å². The van der Waals surface area contributed by atoms with Crippen molar-refractivity contribution in [2.75, 3.05) is 6.61 Å². The first-order valence-corrected chi connectivity index (χ1v) is 6.55. The van der Waals surface area contributed by atoms with Crippen LogP contribution in [0.3, 0.4) is 0 Å². The molecule has 1 saturated carbocycles. The monoisotopic (exact) mass is 228 g/mol. The van der Waals surface area contributed by atoms with Gasteiger partial charge in [-0.2, -0.15) is 0 Å². The van der Waals surface area contributed by atoms with E-state index in [0.29, 0.717) is 12.5 Å². The van der Waals surface area contributed by atoms with E-state index in [9.17, 15) is 9.90 Å². The van der Waals surface area contributed by atoms with Crippen molar-refractivity contribution >= 4 is 5.97 Å². The fourth-order valence-electron chi connectivity index (χ4n) is 2.64. The number of aliphatic hydroxyl groups excluding tert-OH is 1. The lowest BCUT2D eigenvalue weighted by Crippen LogP contribution is -2.39. The van der Waals surface area contributed by atoms with Crippen LogP contribution in [0.2, 0.25) is 0 Å². The molecule has 94 valence electrons. The van der Waals surface area contributed by atoms with Crippen molar-refractivity contribution in [2.45, 2.75) is 58.5 Å². The number of hydrogen-bond donors (Lipinski definition) is 1. The molecule has 1 rings (SSSR count). The van der Waals surface area contributed by atoms with Gasteiger partial charge in [-0.1, -0.05) is 26.2 Å². The Hall–Kier alpha value is -0.570. The molecule has 3 atom stereocenters. The van der Waals surface area contributed by atoms with Crippen molar-refractivity contribution in [1.29, 1.82) is 0 Å². The zero-order chi connectivity index (χ0) is 12.0. The SMILES string of the molecule is CCCC[C@H]1CCC[C@@H](O)[C@H]1C(=O)OCC. The Morgan fingerprint density at radius 2 is 2.12 bits per heavy atom. The average Bonchev–Trinajstić information content (AvgIpc) is 2.26. The molecule has 16 heavy (non-hydrogen) atoms. The number of aliphatic hydroxyl groups is 1. The molecule has 1 N–H and O–H groups in total. The first kappa shape index (κ1) is 13.5. The van der Waals surface area contributed by atoms with Crippen LogP contribution in [0.15, 0.2) is 0 Å². The molecule has 0 aromatic heterocycles. The minimum absolute atomic E-state index is 0.198. The third kappa shape index (κ3) is 3.48. The van der Waals surface area contributed by atoms with E-state index < -0.39 is 6.10 Å². The van der Waals surface area contributed by atoms with Crippen LogP contribution >= 0.6 is 0 Å². The number of unbranched alkanes of at least 4 members (excludes halogenated alkanes) is 1. The van der Waals surface area contributed by atoms with Gasteiger partial charge in [-0.25, -0.2) is 0 Å². The molecular formula is C13H24O3. The highest BCUT2D eigenvalue weighted by atomic mass is 16.5. The Balaban J connectivity index is 2.59. The van der Waals surface area contributed by atoms with Crippen molar-refractivity contribution in [2.24, 2.45) is 11.8 Å². The second-order valence-electron chi connectivity index (χ2n) is 4.68. The first-order valence-electron chi connectivity index (χ1n) is 6.55. The molecule has 3 heteroatoms. The van der Waals surface area contributed by atoms with Gasteiger partial charge in [0.05, 0.1) is 18.6 Å². The smallest absolute Gasteiger partial charge is 0.311 e. The maximum absolute atomic E-state index is 11.8. The lowest BCUT2D eigenvalue weighted by atomic mass is 9.75. The molecule has 0 unspecified atom stereocenters. The highest BCUT2D eigenvalue weighted by Gasteiger charge is 2.37. The summed E-state index contributed by atoms with van der Waals surface area (Å²) in [5.74, 6) is -0.154. The zero-order valence-corrected chi connectivity index (χ0v) is 10.4. The number of esters is 1. The Labute approximate surface area is 98.2 Å². The summed E-state index contributed by atoms with van der Waals surface area (Å²) in [7, 11) is 0. The fourth-order valence-corrected chi connectivity index (χ4v) is 2.64. The molecule has 0 bridgehead atoms. The standard InChI is InChI=1S/C13H24O3/c1-3-5-7-10-8-6-9-11(14)12(10)13(15)16-4-2/h10-12,14H,3-9H2,1-2H3/t10-,11+,12-/m0/s1. The van der Waals surface area contributed by atoms with Gasteiger partial charge in [0, 0.05) is 0 Å². The molecule has 3 nitrogen and oxygen atoms in total. The molecule has 0 amide bonds. The third-order valence-electron chi connectivity index (χ3n) is 3.48. The molecule has 0 aliphatic heterocycles. The van der Waals surface area contributed by atoms with Gasteiger partial charge in [0.1, 0.15) is 0 Å². The molecule has 1 fully saturated rings. The molecule has 1 aliphatic rings. The summed E-state index contributed by atoms with van der Waals surface area (Å²) < 4.78 is 5.06. The molecule has 0 aromatic rings. The third-order valence-corrected chi connectivity index (χ3v) is 3.48. The number of carbonyl (C=O) groups excluding carboxylic acids is 1. The molecule has 0 aromatic carbocycles. The van der Waals surface area contributed by atoms with E-state index in [1.165, 1.54) is 0 Å². The van der Waals surface area contributed by atoms with Gasteiger partial charge in [0.15, 0.2) is 0 Å². The minimum Gasteiger partial charge on any atom is -0.466 e. The van der Waals surface area contributed by atoms with Crippen LogP contribution in [-0.4, -0.2) is 23.8 Å². The Bertz CT molecular complexity index is 215. The summed E-state index contributed by atoms with van der Waals surface area (Å²) in [5.41, 5.74) is 0. The molecule has 0 radical (unpaired) electrons. The van der Waals surface area contributed by atoms with Crippen LogP contribution in [0.1, 0.15) is 52.4 Å². The number of rotatable bonds is 5. The maximum atomic E-state index is 11.8. The number of ether oxygens (including phenoxy) is 1. The van der Waals surface area contributed by atoms with Crippen molar-refractivity contribution in [3.8, 4) is 0 Å². The lowest BCUT2D eigenvalue weighted by Gasteiger charge is -2.33. The van der Waals surface area contributed by atoms with Crippen LogP contribution in [0, 0.1) is 11.8 Å². The van der Waals surface area contributed by atoms with Crippen molar-refractivity contribution in [3.05, 3.63) is 0 Å². The second-order valence-corrected chi connectivity index (χ2v) is 4.68. The topological polar surface area (TPSA) is 46.5 Å². The summed E-state index contributed by atoms with van der Waals surface area (Å²) in [4.78, 5) is 11.8. The first-order chi connectivity index (χ1) is 7.70. The average molecular weight is 228 g/mol. The molecular weight excluding hydrogens is 204 g/mol. The van der Waals surface area contributed by atoms with Crippen LogP contribution in [-0.2, 0) is 9.53 Å². The van der Waals surface area contributed by atoms with Crippen molar-refractivity contribution < 1.29 is 14.6 Å². The Morgan fingerprint density at radius 1 is 1.38 bits per heavy atom. The summed E-state index contributed by atoms with van der Waals surface area (Å²) in [6, 6.07) is 0. The summed E-state index contributed by atoms with van der Waals surface area (Å²) >= 11 is 0. The van der Waals surface area contributed by atoms with E-state index in [1.54, 1.807) is 0 Å².